The molecule has 6 nitrogen and oxygen atoms in total. The van der Waals surface area contributed by atoms with Crippen molar-refractivity contribution in [2.24, 2.45) is 0 Å². The van der Waals surface area contributed by atoms with E-state index < -0.39 is 0 Å². The number of aromatic amines is 1. The zero-order valence-electron chi connectivity index (χ0n) is 12.6. The topological polar surface area (TPSA) is 83.8 Å². The van der Waals surface area contributed by atoms with Gasteiger partial charge in [0, 0.05) is 16.5 Å². The van der Waals surface area contributed by atoms with E-state index in [-0.39, 0.29) is 12.3 Å². The minimum atomic E-state index is -0.144. The molecule has 0 aromatic carbocycles. The van der Waals surface area contributed by atoms with Crippen molar-refractivity contribution in [1.29, 1.82) is 0 Å². The lowest BCUT2D eigenvalue weighted by Crippen LogP contribution is -2.15. The molecule has 0 spiro atoms. The summed E-state index contributed by atoms with van der Waals surface area (Å²) in [6, 6.07) is 5.91. The van der Waals surface area contributed by atoms with Gasteiger partial charge in [0.25, 0.3) is 0 Å². The maximum Gasteiger partial charge on any atom is 0.230 e. The lowest BCUT2D eigenvalue weighted by Gasteiger charge is -2.01. The molecule has 0 radical (unpaired) electrons. The molecule has 0 aliphatic heterocycles. The third kappa shape index (κ3) is 2.94. The first-order valence-corrected chi connectivity index (χ1v) is 7.68. The quantitative estimate of drug-likeness (QED) is 0.774. The van der Waals surface area contributed by atoms with Crippen LogP contribution in [0.3, 0.4) is 0 Å². The minimum Gasteiger partial charge on any atom is -0.361 e. The van der Waals surface area contributed by atoms with Gasteiger partial charge in [0.15, 0.2) is 5.82 Å². The van der Waals surface area contributed by atoms with Crippen molar-refractivity contribution in [2.75, 3.05) is 5.32 Å². The molecule has 0 atom stereocenters. The fraction of sp³-hybridized carbons (Fsp3) is 0.267. The Morgan fingerprint density at radius 1 is 1.36 bits per heavy atom. The molecule has 0 saturated carbocycles. The number of carbonyl (C=O) groups is 1. The first kappa shape index (κ1) is 14.5. The molecule has 3 heterocycles. The maximum atomic E-state index is 12.1. The summed E-state index contributed by atoms with van der Waals surface area (Å²) in [6.45, 7) is 5.68. The van der Waals surface area contributed by atoms with Crippen molar-refractivity contribution >= 4 is 23.1 Å². The average molecular weight is 316 g/mol. The SMILES string of the molecule is Cc1ccc(-c2cc(NC(=O)Cc3c(C)noc3C)n[nH]2)s1. The smallest absolute Gasteiger partial charge is 0.230 e. The van der Waals surface area contributed by atoms with Gasteiger partial charge in [-0.25, -0.2) is 0 Å². The molecule has 1 amide bonds. The number of carbonyl (C=O) groups excluding carboxylic acids is 1. The van der Waals surface area contributed by atoms with E-state index in [1.807, 2.05) is 19.1 Å². The van der Waals surface area contributed by atoms with Gasteiger partial charge in [-0.05, 0) is 32.9 Å². The van der Waals surface area contributed by atoms with Gasteiger partial charge < -0.3 is 9.84 Å². The van der Waals surface area contributed by atoms with E-state index in [1.54, 1.807) is 18.3 Å². The Morgan fingerprint density at radius 2 is 2.18 bits per heavy atom. The number of nitrogens with zero attached hydrogens (tertiary/aromatic N) is 2. The Morgan fingerprint density at radius 3 is 2.82 bits per heavy atom. The number of hydrogen-bond acceptors (Lipinski definition) is 5. The van der Waals surface area contributed by atoms with Crippen molar-refractivity contribution in [3.63, 3.8) is 0 Å². The van der Waals surface area contributed by atoms with Crippen LogP contribution in [0.25, 0.3) is 10.6 Å². The first-order valence-electron chi connectivity index (χ1n) is 6.87. The lowest BCUT2D eigenvalue weighted by atomic mass is 10.1. The second kappa shape index (κ2) is 5.76. The summed E-state index contributed by atoms with van der Waals surface area (Å²) in [7, 11) is 0. The number of rotatable bonds is 4. The summed E-state index contributed by atoms with van der Waals surface area (Å²) in [5, 5.41) is 13.7. The van der Waals surface area contributed by atoms with Crippen LogP contribution < -0.4 is 5.32 Å². The standard InChI is InChI=1S/C15H16N4O2S/c1-8-4-5-13(22-8)12-7-14(18-17-12)16-15(20)6-11-9(2)19-21-10(11)3/h4-5,7H,6H2,1-3H3,(H2,16,17,18,20). The van der Waals surface area contributed by atoms with Gasteiger partial charge >= 0.3 is 0 Å². The summed E-state index contributed by atoms with van der Waals surface area (Å²) < 4.78 is 5.06. The molecule has 0 saturated heterocycles. The van der Waals surface area contributed by atoms with Gasteiger partial charge in [-0.3, -0.25) is 9.89 Å². The summed E-state index contributed by atoms with van der Waals surface area (Å²) >= 11 is 1.68. The zero-order valence-corrected chi connectivity index (χ0v) is 13.4. The van der Waals surface area contributed by atoms with Gasteiger partial charge in [-0.1, -0.05) is 5.16 Å². The van der Waals surface area contributed by atoms with Gasteiger partial charge in [0.2, 0.25) is 5.91 Å². The molecule has 3 rings (SSSR count). The number of hydrogen-bond donors (Lipinski definition) is 2. The van der Waals surface area contributed by atoms with Gasteiger partial charge in [-0.15, -0.1) is 11.3 Å². The van der Waals surface area contributed by atoms with Crippen molar-refractivity contribution < 1.29 is 9.32 Å². The predicted octanol–water partition coefficient (Wildman–Crippen LogP) is 3.23. The molecular formula is C15H16N4O2S. The second-order valence-corrected chi connectivity index (χ2v) is 6.39. The Labute approximate surface area is 131 Å². The molecular weight excluding hydrogens is 300 g/mol. The summed E-state index contributed by atoms with van der Waals surface area (Å²) in [5.74, 6) is 1.04. The highest BCUT2D eigenvalue weighted by atomic mass is 32.1. The third-order valence-corrected chi connectivity index (χ3v) is 4.40. The molecule has 0 bridgehead atoms. The highest BCUT2D eigenvalue weighted by Crippen LogP contribution is 2.27. The molecule has 7 heteroatoms. The monoisotopic (exact) mass is 316 g/mol. The number of thiophene rings is 1. The molecule has 2 N–H and O–H groups in total. The Bertz CT molecular complexity index is 796. The number of nitrogens with one attached hydrogen (secondary N) is 2. The Kier molecular flexibility index (Phi) is 3.81. The fourth-order valence-corrected chi connectivity index (χ4v) is 3.03. The van der Waals surface area contributed by atoms with Crippen molar-refractivity contribution in [3.05, 3.63) is 40.1 Å². The second-order valence-electron chi connectivity index (χ2n) is 5.10. The van der Waals surface area contributed by atoms with Crippen LogP contribution in [-0.4, -0.2) is 21.3 Å². The van der Waals surface area contributed by atoms with E-state index >= 15 is 0 Å². The number of H-pyrrole nitrogens is 1. The molecule has 3 aromatic rings. The van der Waals surface area contributed by atoms with Gasteiger partial charge in [0.05, 0.1) is 22.7 Å². The van der Waals surface area contributed by atoms with Crippen molar-refractivity contribution in [3.8, 4) is 10.6 Å². The first-order chi connectivity index (χ1) is 10.5. The minimum absolute atomic E-state index is 0.144. The highest BCUT2D eigenvalue weighted by Gasteiger charge is 2.14. The molecule has 22 heavy (non-hydrogen) atoms. The number of aromatic nitrogens is 3. The van der Waals surface area contributed by atoms with Crippen LogP contribution in [0.4, 0.5) is 5.82 Å². The van der Waals surface area contributed by atoms with E-state index in [4.69, 9.17) is 4.52 Å². The fourth-order valence-electron chi connectivity index (χ4n) is 2.19. The van der Waals surface area contributed by atoms with Crippen LogP contribution in [0, 0.1) is 20.8 Å². The van der Waals surface area contributed by atoms with Crippen LogP contribution in [0.1, 0.15) is 21.9 Å². The third-order valence-electron chi connectivity index (χ3n) is 3.37. The highest BCUT2D eigenvalue weighted by molar-refractivity contribution is 7.15. The van der Waals surface area contributed by atoms with Crippen LogP contribution >= 0.6 is 11.3 Å². The predicted molar refractivity (Wildman–Crippen MR) is 84.9 cm³/mol. The molecule has 0 aliphatic rings. The largest absolute Gasteiger partial charge is 0.361 e. The Balaban J connectivity index is 1.69. The number of amides is 1. The molecule has 0 fully saturated rings. The van der Waals surface area contributed by atoms with Crippen LogP contribution in [0.5, 0.6) is 0 Å². The van der Waals surface area contributed by atoms with E-state index in [0.29, 0.717) is 11.6 Å². The normalized spacial score (nSPS) is 10.9. The van der Waals surface area contributed by atoms with Crippen LogP contribution in [0.15, 0.2) is 22.7 Å². The number of aryl methyl sites for hydroxylation is 3. The molecule has 0 unspecified atom stereocenters. The van der Waals surface area contributed by atoms with E-state index in [9.17, 15) is 4.79 Å². The van der Waals surface area contributed by atoms with E-state index in [2.05, 4.69) is 33.7 Å². The number of anilines is 1. The zero-order chi connectivity index (χ0) is 15.7. The summed E-state index contributed by atoms with van der Waals surface area (Å²) in [4.78, 5) is 14.4. The Hall–Kier alpha value is -2.41. The van der Waals surface area contributed by atoms with Crippen molar-refractivity contribution in [1.82, 2.24) is 15.4 Å². The molecule has 114 valence electrons. The molecule has 0 aliphatic carbocycles. The lowest BCUT2D eigenvalue weighted by molar-refractivity contribution is -0.115. The summed E-state index contributed by atoms with van der Waals surface area (Å²) in [5.41, 5.74) is 2.46. The average Bonchev–Trinajstić information content (AvgIpc) is 3.16. The summed E-state index contributed by atoms with van der Waals surface area (Å²) in [6.07, 6.45) is 0.224. The van der Waals surface area contributed by atoms with Gasteiger partial charge in [-0.2, -0.15) is 5.10 Å². The molecule has 3 aromatic heterocycles. The van der Waals surface area contributed by atoms with Crippen LogP contribution in [-0.2, 0) is 11.2 Å². The van der Waals surface area contributed by atoms with Crippen molar-refractivity contribution in [2.45, 2.75) is 27.2 Å². The van der Waals surface area contributed by atoms with E-state index in [0.717, 1.165) is 21.8 Å². The van der Waals surface area contributed by atoms with Gasteiger partial charge in [0.1, 0.15) is 5.76 Å². The maximum absolute atomic E-state index is 12.1. The van der Waals surface area contributed by atoms with Crippen LogP contribution in [0.2, 0.25) is 0 Å². The van der Waals surface area contributed by atoms with E-state index in [1.165, 1.54) is 4.88 Å².